The van der Waals surface area contributed by atoms with E-state index in [-0.39, 0.29) is 28.7 Å². The number of nitrogens with one attached hydrogen (secondary N) is 1. The van der Waals surface area contributed by atoms with Crippen LogP contribution in [0.25, 0.3) is 16.7 Å². The van der Waals surface area contributed by atoms with Gasteiger partial charge >= 0.3 is 0 Å². The molecule has 0 atom stereocenters. The summed E-state index contributed by atoms with van der Waals surface area (Å²) in [5.74, 6) is -3.86. The molecule has 2 aromatic heterocycles. The van der Waals surface area contributed by atoms with Crippen LogP contribution in [0.3, 0.4) is 0 Å². The zero-order valence-electron chi connectivity index (χ0n) is 18.0. The molecule has 1 aliphatic rings. The van der Waals surface area contributed by atoms with Gasteiger partial charge in [-0.1, -0.05) is 13.8 Å². The molecule has 1 aromatic carbocycles. The number of carbonyl (C=O) groups is 1. The van der Waals surface area contributed by atoms with Crippen molar-refractivity contribution in [3.8, 4) is 5.82 Å². The Kier molecular flexibility index (Phi) is 5.83. The number of aromatic nitrogens is 2. The van der Waals surface area contributed by atoms with E-state index < -0.39 is 45.3 Å². The number of hydrogen-bond acceptors (Lipinski definition) is 6. The fourth-order valence-electron chi connectivity index (χ4n) is 4.21. The van der Waals surface area contributed by atoms with Gasteiger partial charge in [0.1, 0.15) is 5.82 Å². The maximum Gasteiger partial charge on any atom is 0.257 e. The quantitative estimate of drug-likeness (QED) is 0.546. The van der Waals surface area contributed by atoms with Gasteiger partial charge in [-0.15, -0.1) is 0 Å². The van der Waals surface area contributed by atoms with Gasteiger partial charge in [-0.05, 0) is 24.6 Å². The molecular weight excluding hydrogens is 459 g/mol. The molecule has 0 spiro atoms. The van der Waals surface area contributed by atoms with Crippen molar-refractivity contribution in [3.05, 3.63) is 57.1 Å². The highest BCUT2D eigenvalue weighted by atomic mass is 35.5. The lowest BCUT2D eigenvalue weighted by molar-refractivity contribution is 0.108. The molecule has 0 bridgehead atoms. The van der Waals surface area contributed by atoms with Crippen LogP contribution in [0, 0.1) is 24.4 Å². The zero-order chi connectivity index (χ0) is 24.2. The van der Waals surface area contributed by atoms with Crippen molar-refractivity contribution >= 4 is 39.3 Å². The summed E-state index contributed by atoms with van der Waals surface area (Å²) >= 11 is 5.55. The summed E-state index contributed by atoms with van der Waals surface area (Å²) in [5.41, 5.74) is 4.87. The fourth-order valence-corrected chi connectivity index (χ4v) is 4.35. The molecule has 1 saturated heterocycles. The maximum atomic E-state index is 15.2. The molecule has 33 heavy (non-hydrogen) atoms. The third-order valence-corrected chi connectivity index (χ3v) is 5.80. The topological polar surface area (TPSA) is 93.2 Å². The molecule has 0 saturated carbocycles. The van der Waals surface area contributed by atoms with Crippen molar-refractivity contribution in [2.45, 2.75) is 32.9 Å². The van der Waals surface area contributed by atoms with Gasteiger partial charge < -0.3 is 16.0 Å². The Hall–Kier alpha value is -3.11. The van der Waals surface area contributed by atoms with Gasteiger partial charge in [-0.3, -0.25) is 14.2 Å². The predicted octanol–water partition coefficient (Wildman–Crippen LogP) is 3.26. The van der Waals surface area contributed by atoms with Crippen LogP contribution in [0.4, 0.5) is 24.7 Å². The van der Waals surface area contributed by atoms with E-state index in [9.17, 15) is 18.4 Å². The summed E-state index contributed by atoms with van der Waals surface area (Å²) in [4.78, 5) is 30.3. The Balaban J connectivity index is 1.99. The Morgan fingerprint density at radius 3 is 2.48 bits per heavy atom. The summed E-state index contributed by atoms with van der Waals surface area (Å²) in [5, 5.41) is 2.05. The maximum absolute atomic E-state index is 15.2. The van der Waals surface area contributed by atoms with E-state index in [1.54, 1.807) is 11.8 Å². The molecule has 0 radical (unpaired) electrons. The average Bonchev–Trinajstić information content (AvgIpc) is 2.69. The second-order valence-corrected chi connectivity index (χ2v) is 8.67. The fraction of sp³-hybridized carbons (Fsp3) is 0.318. The zero-order valence-corrected chi connectivity index (χ0v) is 18.8. The first kappa shape index (κ1) is 23.1. The smallest absolute Gasteiger partial charge is 0.257 e. The van der Waals surface area contributed by atoms with Crippen LogP contribution >= 0.6 is 11.6 Å². The normalized spacial score (nSPS) is 14.2. The minimum atomic E-state index is -1.11. The first-order valence-electron chi connectivity index (χ1n) is 10.2. The van der Waals surface area contributed by atoms with Crippen molar-refractivity contribution in [2.75, 3.05) is 23.7 Å². The van der Waals surface area contributed by atoms with Crippen molar-refractivity contribution in [1.82, 2.24) is 14.9 Å². The van der Waals surface area contributed by atoms with Crippen LogP contribution in [0.1, 0.15) is 29.8 Å². The summed E-state index contributed by atoms with van der Waals surface area (Å²) in [6.45, 7) is 6.65. The van der Waals surface area contributed by atoms with Gasteiger partial charge in [-0.2, -0.15) is 0 Å². The average molecular weight is 480 g/mol. The Morgan fingerprint density at radius 1 is 1.21 bits per heavy atom. The Labute approximate surface area is 192 Å². The van der Waals surface area contributed by atoms with E-state index in [0.717, 1.165) is 16.8 Å². The summed E-state index contributed by atoms with van der Waals surface area (Å²) < 4.78 is 44.7. The molecule has 1 fully saturated rings. The number of fused-ring (bicyclic) bond motifs is 1. The summed E-state index contributed by atoms with van der Waals surface area (Å²) in [6.07, 6.45) is 1.01. The van der Waals surface area contributed by atoms with Crippen molar-refractivity contribution < 1.29 is 18.0 Å². The number of nitrogens with zero attached hydrogens (tertiary/aromatic N) is 3. The third-order valence-electron chi connectivity index (χ3n) is 5.60. The van der Waals surface area contributed by atoms with Gasteiger partial charge in [-0.25, -0.2) is 18.2 Å². The number of hydrogen-bond donors (Lipinski definition) is 2. The van der Waals surface area contributed by atoms with Crippen LogP contribution in [-0.4, -0.2) is 40.0 Å². The molecule has 0 aliphatic carbocycles. The van der Waals surface area contributed by atoms with Crippen LogP contribution < -0.4 is 21.4 Å². The molecule has 4 rings (SSSR count). The minimum Gasteiger partial charge on any atom is -0.381 e. The summed E-state index contributed by atoms with van der Waals surface area (Å²) in [6, 6.07) is 1.96. The highest BCUT2D eigenvalue weighted by molar-refractivity contribution is 6.67. The molecule has 0 amide bonds. The Morgan fingerprint density at radius 2 is 1.88 bits per heavy atom. The number of anilines is 2. The van der Waals surface area contributed by atoms with Crippen LogP contribution in [0.2, 0.25) is 0 Å². The molecule has 174 valence electrons. The van der Waals surface area contributed by atoms with Crippen molar-refractivity contribution in [3.63, 3.8) is 0 Å². The molecule has 3 N–H and O–H groups in total. The highest BCUT2D eigenvalue weighted by Crippen LogP contribution is 2.35. The van der Waals surface area contributed by atoms with E-state index in [2.05, 4.69) is 10.3 Å². The number of halogens is 4. The number of benzene rings is 1. The number of carbonyl (C=O) groups excluding carboxylic acids is 1. The molecule has 11 heteroatoms. The molecule has 1 aliphatic heterocycles. The minimum absolute atomic E-state index is 0.107. The first-order valence-corrected chi connectivity index (χ1v) is 10.6. The molecular formula is C22H21ClF3N5O2. The van der Waals surface area contributed by atoms with E-state index >= 15 is 4.39 Å². The predicted molar refractivity (Wildman–Crippen MR) is 121 cm³/mol. The standard InChI is InChI=1S/C22H21ClF3N5O2/c1-9(2)28-11-6-30(7-11)18-10(3)17-12(4-14(18)24)19(32)13(20(23)33)8-31(17)22-16(26)5-15(25)21(27)29-22/h4-5,8-9,11,28H,6-7H2,1-3H3,(H2,27,29). The SMILES string of the molecule is Cc1c(N2CC(NC(C)C)C2)c(F)cc2c(=O)c(C(=O)Cl)cn(-c3nc(N)c(F)cc3F)c12. The van der Waals surface area contributed by atoms with E-state index in [1.807, 2.05) is 13.8 Å². The number of pyridine rings is 2. The molecule has 0 unspecified atom stereocenters. The van der Waals surface area contributed by atoms with Gasteiger partial charge in [0.2, 0.25) is 5.43 Å². The van der Waals surface area contributed by atoms with Crippen LogP contribution in [0.5, 0.6) is 0 Å². The van der Waals surface area contributed by atoms with Gasteiger partial charge in [0, 0.05) is 43.0 Å². The summed E-state index contributed by atoms with van der Waals surface area (Å²) in [7, 11) is 0. The van der Waals surface area contributed by atoms with Crippen LogP contribution in [-0.2, 0) is 0 Å². The second kappa shape index (κ2) is 8.35. The molecule has 3 aromatic rings. The Bertz CT molecular complexity index is 1350. The monoisotopic (exact) mass is 479 g/mol. The lowest BCUT2D eigenvalue weighted by Gasteiger charge is -2.43. The van der Waals surface area contributed by atoms with E-state index in [1.165, 1.54) is 0 Å². The number of nitrogen functional groups attached to an aromatic ring is 1. The number of rotatable bonds is 5. The van der Waals surface area contributed by atoms with E-state index in [0.29, 0.717) is 24.7 Å². The van der Waals surface area contributed by atoms with E-state index in [4.69, 9.17) is 17.3 Å². The molecule has 3 heterocycles. The third kappa shape index (κ3) is 3.93. The number of aryl methyl sites for hydroxylation is 1. The van der Waals surface area contributed by atoms with Crippen LogP contribution in [0.15, 0.2) is 23.1 Å². The lowest BCUT2D eigenvalue weighted by Crippen LogP contribution is -2.60. The first-order chi connectivity index (χ1) is 15.5. The van der Waals surface area contributed by atoms with Gasteiger partial charge in [0.05, 0.1) is 22.2 Å². The van der Waals surface area contributed by atoms with Crippen molar-refractivity contribution in [1.29, 1.82) is 0 Å². The van der Waals surface area contributed by atoms with Crippen molar-refractivity contribution in [2.24, 2.45) is 0 Å². The highest BCUT2D eigenvalue weighted by Gasteiger charge is 2.32. The second-order valence-electron chi connectivity index (χ2n) is 8.33. The van der Waals surface area contributed by atoms with Gasteiger partial charge in [0.15, 0.2) is 23.3 Å². The molecule has 7 nitrogen and oxygen atoms in total. The van der Waals surface area contributed by atoms with Gasteiger partial charge in [0.25, 0.3) is 5.24 Å². The lowest BCUT2D eigenvalue weighted by atomic mass is 10.0. The number of nitrogens with two attached hydrogens (primary N) is 1. The largest absolute Gasteiger partial charge is 0.381 e.